The number of ether oxygens (including phenoxy) is 2. The fourth-order valence-electron chi connectivity index (χ4n) is 2.47. The molecule has 0 bridgehead atoms. The predicted molar refractivity (Wildman–Crippen MR) is 68.4 cm³/mol. The summed E-state index contributed by atoms with van der Waals surface area (Å²) < 4.78 is 10.7. The maximum Gasteiger partial charge on any atom is 0.121 e. The Morgan fingerprint density at radius 3 is 2.59 bits per heavy atom. The van der Waals surface area contributed by atoms with Crippen molar-refractivity contribution in [1.29, 1.82) is 0 Å². The van der Waals surface area contributed by atoms with E-state index in [0.717, 1.165) is 19.0 Å². The molecule has 3 heteroatoms. The van der Waals surface area contributed by atoms with Crippen molar-refractivity contribution in [1.82, 2.24) is 0 Å². The second-order valence-electron chi connectivity index (χ2n) is 4.97. The van der Waals surface area contributed by atoms with E-state index < -0.39 is 0 Å². The van der Waals surface area contributed by atoms with Crippen LogP contribution in [0.2, 0.25) is 0 Å². The molecule has 1 unspecified atom stereocenters. The van der Waals surface area contributed by atoms with Crippen molar-refractivity contribution < 1.29 is 9.47 Å². The molecule has 1 aliphatic heterocycles. The molecule has 3 nitrogen and oxygen atoms in total. The highest BCUT2D eigenvalue weighted by atomic mass is 16.5. The molecule has 0 saturated carbocycles. The monoisotopic (exact) mass is 235 g/mol. The minimum atomic E-state index is 0.103. The van der Waals surface area contributed by atoms with Crippen molar-refractivity contribution in [2.75, 3.05) is 26.9 Å². The highest BCUT2D eigenvalue weighted by Crippen LogP contribution is 2.40. The SMILES string of the molecule is COc1ccc(C2(C(C)CN)COC2)cc1C. The zero-order chi connectivity index (χ0) is 12.5. The Bertz CT molecular complexity index is 399. The van der Waals surface area contributed by atoms with Gasteiger partial charge in [-0.15, -0.1) is 0 Å². The Morgan fingerprint density at radius 2 is 2.18 bits per heavy atom. The van der Waals surface area contributed by atoms with Crippen LogP contribution in [0, 0.1) is 12.8 Å². The summed E-state index contributed by atoms with van der Waals surface area (Å²) in [6, 6.07) is 6.38. The lowest BCUT2D eigenvalue weighted by atomic mass is 9.69. The van der Waals surface area contributed by atoms with Crippen molar-refractivity contribution in [3.05, 3.63) is 29.3 Å². The summed E-state index contributed by atoms with van der Waals surface area (Å²) in [5.74, 6) is 1.37. The summed E-state index contributed by atoms with van der Waals surface area (Å²) in [6.07, 6.45) is 0. The van der Waals surface area contributed by atoms with Crippen LogP contribution in [-0.4, -0.2) is 26.9 Å². The number of nitrogens with two attached hydrogens (primary N) is 1. The zero-order valence-electron chi connectivity index (χ0n) is 10.8. The van der Waals surface area contributed by atoms with Crippen LogP contribution in [0.3, 0.4) is 0 Å². The van der Waals surface area contributed by atoms with Crippen LogP contribution < -0.4 is 10.5 Å². The molecule has 1 fully saturated rings. The molecule has 1 aliphatic rings. The largest absolute Gasteiger partial charge is 0.496 e. The lowest BCUT2D eigenvalue weighted by molar-refractivity contribution is -0.0854. The van der Waals surface area contributed by atoms with Gasteiger partial charge >= 0.3 is 0 Å². The average molecular weight is 235 g/mol. The molecule has 0 radical (unpaired) electrons. The van der Waals surface area contributed by atoms with Crippen LogP contribution in [0.5, 0.6) is 5.75 Å². The highest BCUT2D eigenvalue weighted by Gasteiger charge is 2.44. The van der Waals surface area contributed by atoms with Crippen molar-refractivity contribution in [3.63, 3.8) is 0 Å². The van der Waals surface area contributed by atoms with Crippen LogP contribution in [0.4, 0.5) is 0 Å². The summed E-state index contributed by atoms with van der Waals surface area (Å²) in [5, 5.41) is 0. The molecule has 0 amide bonds. The zero-order valence-corrected chi connectivity index (χ0v) is 10.8. The van der Waals surface area contributed by atoms with Crippen LogP contribution in [-0.2, 0) is 10.2 Å². The molecule has 2 rings (SSSR count). The minimum absolute atomic E-state index is 0.103. The first-order valence-corrected chi connectivity index (χ1v) is 6.07. The van der Waals surface area contributed by atoms with E-state index in [2.05, 4.69) is 26.0 Å². The number of hydrogen-bond donors (Lipinski definition) is 1. The highest BCUT2D eigenvalue weighted by molar-refractivity contribution is 5.40. The van der Waals surface area contributed by atoms with Gasteiger partial charge in [0.05, 0.1) is 20.3 Å². The lowest BCUT2D eigenvalue weighted by Crippen LogP contribution is -2.53. The Balaban J connectivity index is 2.35. The molecule has 0 spiro atoms. The molecule has 1 heterocycles. The number of rotatable bonds is 4. The molecule has 0 aromatic heterocycles. The third kappa shape index (κ3) is 1.94. The third-order valence-electron chi connectivity index (χ3n) is 3.99. The molecule has 0 aliphatic carbocycles. The van der Waals surface area contributed by atoms with Gasteiger partial charge in [-0.1, -0.05) is 19.1 Å². The lowest BCUT2D eigenvalue weighted by Gasteiger charge is -2.46. The van der Waals surface area contributed by atoms with Gasteiger partial charge in [0.15, 0.2) is 0 Å². The van der Waals surface area contributed by atoms with Gasteiger partial charge in [-0.25, -0.2) is 0 Å². The Kier molecular flexibility index (Phi) is 3.40. The Hall–Kier alpha value is -1.06. The number of methoxy groups -OCH3 is 1. The van der Waals surface area contributed by atoms with Crippen molar-refractivity contribution in [3.8, 4) is 5.75 Å². The maximum atomic E-state index is 5.82. The van der Waals surface area contributed by atoms with Gasteiger partial charge in [-0.05, 0) is 36.6 Å². The first-order valence-electron chi connectivity index (χ1n) is 6.07. The molecule has 94 valence electrons. The molecule has 1 saturated heterocycles. The van der Waals surface area contributed by atoms with Gasteiger partial charge in [0, 0.05) is 5.41 Å². The fraction of sp³-hybridized carbons (Fsp3) is 0.571. The van der Waals surface area contributed by atoms with Crippen molar-refractivity contribution in [2.45, 2.75) is 19.3 Å². The van der Waals surface area contributed by atoms with Gasteiger partial charge in [-0.3, -0.25) is 0 Å². The second kappa shape index (κ2) is 4.67. The number of benzene rings is 1. The van der Waals surface area contributed by atoms with E-state index in [1.807, 2.05) is 6.07 Å². The molecule has 1 aromatic rings. The first-order chi connectivity index (χ1) is 8.14. The summed E-state index contributed by atoms with van der Waals surface area (Å²) in [7, 11) is 1.70. The van der Waals surface area contributed by atoms with E-state index >= 15 is 0 Å². The van der Waals surface area contributed by atoms with Crippen LogP contribution in [0.25, 0.3) is 0 Å². The molecule has 1 aromatic carbocycles. The maximum absolute atomic E-state index is 5.82. The van der Waals surface area contributed by atoms with Crippen LogP contribution in [0.15, 0.2) is 18.2 Å². The molecular weight excluding hydrogens is 214 g/mol. The summed E-state index contributed by atoms with van der Waals surface area (Å²) in [4.78, 5) is 0. The average Bonchev–Trinajstić information content (AvgIpc) is 2.27. The van der Waals surface area contributed by atoms with E-state index in [1.165, 1.54) is 11.1 Å². The van der Waals surface area contributed by atoms with E-state index in [1.54, 1.807) is 7.11 Å². The molecular formula is C14H21NO2. The molecule has 1 atom stereocenters. The fourth-order valence-corrected chi connectivity index (χ4v) is 2.47. The Morgan fingerprint density at radius 1 is 1.47 bits per heavy atom. The third-order valence-corrected chi connectivity index (χ3v) is 3.99. The normalized spacial score (nSPS) is 19.5. The summed E-state index contributed by atoms with van der Waals surface area (Å²) in [5.41, 5.74) is 8.41. The van der Waals surface area contributed by atoms with E-state index in [0.29, 0.717) is 12.5 Å². The van der Waals surface area contributed by atoms with E-state index in [4.69, 9.17) is 15.2 Å². The Labute approximate surface area is 103 Å². The second-order valence-corrected chi connectivity index (χ2v) is 4.97. The topological polar surface area (TPSA) is 44.5 Å². The summed E-state index contributed by atoms with van der Waals surface area (Å²) >= 11 is 0. The standard InChI is InChI=1S/C14H21NO2/c1-10-6-12(4-5-13(10)16-3)14(8-17-9-14)11(2)7-15/h4-6,11H,7-9,15H2,1-3H3. The smallest absolute Gasteiger partial charge is 0.121 e. The van der Waals surface area contributed by atoms with Gasteiger partial charge in [0.2, 0.25) is 0 Å². The van der Waals surface area contributed by atoms with E-state index in [-0.39, 0.29) is 5.41 Å². The van der Waals surface area contributed by atoms with Gasteiger partial charge < -0.3 is 15.2 Å². The summed E-state index contributed by atoms with van der Waals surface area (Å²) in [6.45, 7) is 6.51. The van der Waals surface area contributed by atoms with Crippen molar-refractivity contribution in [2.24, 2.45) is 11.7 Å². The van der Waals surface area contributed by atoms with Gasteiger partial charge in [0.25, 0.3) is 0 Å². The first kappa shape index (κ1) is 12.4. The number of hydrogen-bond acceptors (Lipinski definition) is 3. The minimum Gasteiger partial charge on any atom is -0.496 e. The van der Waals surface area contributed by atoms with Gasteiger partial charge in [0.1, 0.15) is 5.75 Å². The molecule has 2 N–H and O–H groups in total. The quantitative estimate of drug-likeness (QED) is 0.866. The number of aryl methyl sites for hydroxylation is 1. The van der Waals surface area contributed by atoms with Gasteiger partial charge in [-0.2, -0.15) is 0 Å². The van der Waals surface area contributed by atoms with Crippen molar-refractivity contribution >= 4 is 0 Å². The van der Waals surface area contributed by atoms with Crippen LogP contribution >= 0.6 is 0 Å². The predicted octanol–water partition coefficient (Wildman–Crippen LogP) is 1.87. The molecule has 17 heavy (non-hydrogen) atoms. The van der Waals surface area contributed by atoms with E-state index in [9.17, 15) is 0 Å². The van der Waals surface area contributed by atoms with Crippen LogP contribution in [0.1, 0.15) is 18.1 Å².